The van der Waals surface area contributed by atoms with Crippen LogP contribution in [0.3, 0.4) is 0 Å². The van der Waals surface area contributed by atoms with Crippen molar-refractivity contribution in [1.82, 2.24) is 5.32 Å². The van der Waals surface area contributed by atoms with Crippen LogP contribution in [0.15, 0.2) is 40.9 Å². The van der Waals surface area contributed by atoms with Crippen molar-refractivity contribution in [3.63, 3.8) is 0 Å². The zero-order valence-corrected chi connectivity index (χ0v) is 16.1. The molecule has 2 aromatic carbocycles. The van der Waals surface area contributed by atoms with Crippen LogP contribution >= 0.6 is 15.9 Å². The van der Waals surface area contributed by atoms with E-state index in [0.717, 1.165) is 15.2 Å². The number of halogens is 2. The summed E-state index contributed by atoms with van der Waals surface area (Å²) in [4.78, 5) is 0. The van der Waals surface area contributed by atoms with Crippen LogP contribution in [0.5, 0.6) is 5.75 Å². The van der Waals surface area contributed by atoms with E-state index in [4.69, 9.17) is 8.57 Å². The van der Waals surface area contributed by atoms with Gasteiger partial charge in [-0.3, -0.25) is 0 Å². The van der Waals surface area contributed by atoms with Gasteiger partial charge in [0, 0.05) is 22.4 Å². The summed E-state index contributed by atoms with van der Waals surface area (Å²) in [7, 11) is 0. The molecule has 0 radical (unpaired) electrons. The molecule has 0 aliphatic carbocycles. The van der Waals surface area contributed by atoms with Crippen LogP contribution in [0.1, 0.15) is 13.8 Å². The molecule has 126 valence electrons. The van der Waals surface area contributed by atoms with Crippen molar-refractivity contribution >= 4 is 26.7 Å². The van der Waals surface area contributed by atoms with Crippen LogP contribution in [-0.2, 0) is 3.83 Å². The van der Waals surface area contributed by atoms with Gasteiger partial charge < -0.3 is 18.4 Å². The number of ether oxygens (including phenoxy) is 1. The van der Waals surface area contributed by atoms with E-state index in [9.17, 15) is 8.40 Å². The molecule has 0 aromatic heterocycles. The van der Waals surface area contributed by atoms with E-state index in [1.165, 1.54) is 0 Å². The third-order valence-corrected chi connectivity index (χ3v) is 4.73. The molecule has 0 aliphatic rings. The first kappa shape index (κ1) is 18.6. The van der Waals surface area contributed by atoms with E-state index >= 15 is 0 Å². The maximum absolute atomic E-state index is 10.9. The Bertz CT molecular complexity index is 637. The van der Waals surface area contributed by atoms with Crippen molar-refractivity contribution in [2.24, 2.45) is 0 Å². The summed E-state index contributed by atoms with van der Waals surface area (Å²) in [6, 6.07) is 11.9. The maximum Gasteiger partial charge on any atom is 0.436 e. The first-order chi connectivity index (χ1) is 11.0. The monoisotopic (exact) mass is 447 g/mol. The molecule has 0 amide bonds. The lowest BCUT2D eigenvalue weighted by molar-refractivity contribution is -1.63. The van der Waals surface area contributed by atoms with E-state index in [0.29, 0.717) is 12.3 Å². The van der Waals surface area contributed by atoms with Crippen LogP contribution < -0.4 is 18.4 Å². The van der Waals surface area contributed by atoms with Crippen molar-refractivity contribution in [2.45, 2.75) is 26.0 Å². The topological polar surface area (TPSA) is 76.6 Å². The number of rotatable bonds is 8. The smallest absolute Gasteiger partial charge is 0.436 e. The highest BCUT2D eigenvalue weighted by Gasteiger charge is 2.24. The summed E-state index contributed by atoms with van der Waals surface area (Å²) in [6.07, 6.45) is -0.551. The molecule has 5 nitrogen and oxygen atoms in total. The zero-order chi connectivity index (χ0) is 16.8. The normalized spacial score (nSPS) is 13.0. The van der Waals surface area contributed by atoms with Crippen molar-refractivity contribution in [3.8, 4) is 5.75 Å². The molecule has 2 rings (SSSR count). The van der Waals surface area contributed by atoms with Crippen molar-refractivity contribution in [3.05, 3.63) is 40.9 Å². The summed E-state index contributed by atoms with van der Waals surface area (Å²) >= 11 is 0.234. The maximum atomic E-state index is 10.9. The van der Waals surface area contributed by atoms with E-state index in [2.05, 4.69) is 21.2 Å². The molecule has 0 fully saturated rings. The van der Waals surface area contributed by atoms with Crippen LogP contribution in [-0.4, -0.2) is 25.3 Å². The highest BCUT2D eigenvalue weighted by Crippen LogP contribution is 2.31. The van der Waals surface area contributed by atoms with Crippen molar-refractivity contribution in [1.29, 1.82) is 0 Å². The molecule has 2 aromatic rings. The van der Waals surface area contributed by atoms with Gasteiger partial charge in [-0.25, -0.2) is 0 Å². The summed E-state index contributed by atoms with van der Waals surface area (Å²) in [5.41, 5.74) is 0. The summed E-state index contributed by atoms with van der Waals surface area (Å²) < 4.78 is 33.5. The molecule has 0 spiro atoms. The SMILES string of the molecule is CC(C)NCC(COc1ccc(Br)c2ccccc12)O[Br+2]([O-])[O-]. The third-order valence-electron chi connectivity index (χ3n) is 3.21. The summed E-state index contributed by atoms with van der Waals surface area (Å²) in [5, 5.41) is 5.17. The van der Waals surface area contributed by atoms with Crippen molar-refractivity contribution < 1.29 is 31.8 Å². The van der Waals surface area contributed by atoms with E-state index in [-0.39, 0.29) is 12.6 Å². The fourth-order valence-electron chi connectivity index (χ4n) is 2.13. The standard InChI is InChI=1S/C16H19Br2NO4/c1-11(2)19-9-12(23-18(20)21)10-22-16-8-7-15(17)13-5-3-4-6-14(13)16/h3-8,11-12,19H,9-10H2,1-2H3. The molecule has 1 unspecified atom stereocenters. The van der Waals surface area contributed by atoms with Gasteiger partial charge in [-0.2, -0.15) is 0 Å². The summed E-state index contributed by atoms with van der Waals surface area (Å²) in [6.45, 7) is 4.54. The van der Waals surface area contributed by atoms with E-state index in [1.54, 1.807) is 0 Å². The minimum atomic E-state index is -3.28. The van der Waals surface area contributed by atoms with Gasteiger partial charge in [-0.15, -0.1) is 0 Å². The second-order valence-corrected chi connectivity index (χ2v) is 7.39. The van der Waals surface area contributed by atoms with Gasteiger partial charge >= 0.3 is 14.8 Å². The van der Waals surface area contributed by atoms with Crippen LogP contribution in [0.4, 0.5) is 0 Å². The molecule has 0 bridgehead atoms. The second-order valence-electron chi connectivity index (χ2n) is 5.37. The third kappa shape index (κ3) is 5.70. The molecule has 0 aliphatic heterocycles. The molecule has 0 heterocycles. The van der Waals surface area contributed by atoms with Gasteiger partial charge in [0.1, 0.15) is 12.4 Å². The Morgan fingerprint density at radius 3 is 2.48 bits per heavy atom. The highest BCUT2D eigenvalue weighted by atomic mass is 80.0. The van der Waals surface area contributed by atoms with Gasteiger partial charge in [0.25, 0.3) is 0 Å². The minimum Gasteiger partial charge on any atom is -0.490 e. The Morgan fingerprint density at radius 1 is 1.13 bits per heavy atom. The molecule has 1 N–H and O–H groups in total. The van der Waals surface area contributed by atoms with E-state index < -0.39 is 20.9 Å². The van der Waals surface area contributed by atoms with Crippen LogP contribution in [0.25, 0.3) is 10.8 Å². The molecule has 23 heavy (non-hydrogen) atoms. The first-order valence-electron chi connectivity index (χ1n) is 7.23. The fourth-order valence-corrected chi connectivity index (χ4v) is 3.28. The Kier molecular flexibility index (Phi) is 7.26. The average Bonchev–Trinajstić information content (AvgIpc) is 2.51. The summed E-state index contributed by atoms with van der Waals surface area (Å²) in [5.74, 6) is 0.702. The van der Waals surface area contributed by atoms with Crippen molar-refractivity contribution in [2.75, 3.05) is 13.2 Å². The predicted octanol–water partition coefficient (Wildman–Crippen LogP) is 1.45. The minimum absolute atomic E-state index is 0.157. The number of benzene rings is 2. The Morgan fingerprint density at radius 2 is 1.83 bits per heavy atom. The lowest BCUT2D eigenvalue weighted by Gasteiger charge is -2.16. The number of hydrogen-bond acceptors (Lipinski definition) is 5. The van der Waals surface area contributed by atoms with Crippen LogP contribution in [0.2, 0.25) is 0 Å². The Balaban J connectivity index is 2.09. The molecule has 1 atom stereocenters. The molecule has 0 saturated heterocycles. The van der Waals surface area contributed by atoms with Crippen LogP contribution in [0, 0.1) is 14.8 Å². The number of nitrogens with one attached hydrogen (secondary N) is 1. The van der Waals surface area contributed by atoms with E-state index in [1.807, 2.05) is 50.2 Å². The van der Waals surface area contributed by atoms with Gasteiger partial charge in [0.05, 0.1) is 0 Å². The molecular weight excluding hydrogens is 430 g/mol. The average molecular weight is 449 g/mol. The van der Waals surface area contributed by atoms with Gasteiger partial charge in [0.15, 0.2) is 0 Å². The molecule has 7 heteroatoms. The zero-order valence-electron chi connectivity index (χ0n) is 12.9. The molecule has 0 saturated carbocycles. The number of hydrogen-bond donors (Lipinski definition) is 1. The largest absolute Gasteiger partial charge is 0.490 e. The molecular formula is C16H19Br2NO4. The van der Waals surface area contributed by atoms with Gasteiger partial charge in [-0.1, -0.05) is 54.0 Å². The fraction of sp³-hybridized carbons (Fsp3) is 0.375. The highest BCUT2D eigenvalue weighted by molar-refractivity contribution is 9.10. The second kappa shape index (κ2) is 8.96. The quantitative estimate of drug-likeness (QED) is 0.661. The lowest BCUT2D eigenvalue weighted by atomic mass is 10.1. The number of fused-ring (bicyclic) bond motifs is 1. The Hall–Kier alpha value is -0.700. The lowest BCUT2D eigenvalue weighted by Crippen LogP contribution is -2.44. The van der Waals surface area contributed by atoms with Gasteiger partial charge in [0.2, 0.25) is 6.10 Å². The predicted molar refractivity (Wildman–Crippen MR) is 85.2 cm³/mol. The Labute approximate surface area is 149 Å². The van der Waals surface area contributed by atoms with Gasteiger partial charge in [-0.05, 0) is 21.3 Å². The first-order valence-corrected chi connectivity index (χ1v) is 9.97.